The number of esters is 2. The molecule has 0 aromatic heterocycles. The van der Waals surface area contributed by atoms with Gasteiger partial charge in [0, 0.05) is 0 Å². The molecule has 2 atom stereocenters. The van der Waals surface area contributed by atoms with Crippen molar-refractivity contribution < 1.29 is 28.6 Å². The molecule has 43 heavy (non-hydrogen) atoms. The van der Waals surface area contributed by atoms with E-state index in [9.17, 15) is 14.4 Å². The Morgan fingerprint density at radius 1 is 0.907 bits per heavy atom. The number of amides is 1. The number of nitrogens with one attached hydrogen (secondary N) is 1. The summed E-state index contributed by atoms with van der Waals surface area (Å²) in [6.07, 6.45) is -0.745. The van der Waals surface area contributed by atoms with E-state index in [4.69, 9.17) is 14.2 Å². The number of carbonyl (C=O) groups excluding carboxylic acids is 3. The molecule has 10 heteroatoms. The zero-order chi connectivity index (χ0) is 30.8. The fourth-order valence-corrected chi connectivity index (χ4v) is 6.48. The molecule has 0 unspecified atom stereocenters. The second kappa shape index (κ2) is 15.8. The predicted octanol–water partition coefficient (Wildman–Crippen LogP) is 5.48. The fourth-order valence-electron chi connectivity index (χ4n) is 4.79. The first-order valence-electron chi connectivity index (χ1n) is 14.0. The van der Waals surface area contributed by atoms with Crippen molar-refractivity contribution in [3.63, 3.8) is 0 Å². The van der Waals surface area contributed by atoms with E-state index in [1.54, 1.807) is 0 Å². The molecule has 0 spiro atoms. The van der Waals surface area contributed by atoms with Gasteiger partial charge in [-0.3, -0.25) is 0 Å². The van der Waals surface area contributed by atoms with E-state index < -0.39 is 24.1 Å². The van der Waals surface area contributed by atoms with Gasteiger partial charge in [-0.15, -0.1) is 0 Å². The molecule has 0 bridgehead atoms. The molecule has 3 aromatic rings. The summed E-state index contributed by atoms with van der Waals surface area (Å²) in [5.74, 6) is -0.645. The second-order valence-electron chi connectivity index (χ2n) is 10.4. The number of alkyl carbamates (subject to hydrolysis) is 1. The van der Waals surface area contributed by atoms with Crippen LogP contribution < -0.4 is 5.32 Å². The summed E-state index contributed by atoms with van der Waals surface area (Å²) in [5, 5.41) is 2.98. The summed E-state index contributed by atoms with van der Waals surface area (Å²) >= 11 is 4.19. The van der Waals surface area contributed by atoms with Crippen LogP contribution in [0.15, 0.2) is 83.9 Å². The number of methoxy groups -OCH3 is 1. The molecule has 4 rings (SSSR count). The third-order valence-electron chi connectivity index (χ3n) is 7.18. The van der Waals surface area contributed by atoms with Crippen LogP contribution in [0.1, 0.15) is 42.9 Å². The number of hydrogen-bond acceptors (Lipinski definition) is 8. The van der Waals surface area contributed by atoms with E-state index >= 15 is 0 Å². The monoisotopic (exact) mass is 667 g/mol. The van der Waals surface area contributed by atoms with Crippen molar-refractivity contribution in [1.29, 1.82) is 0 Å². The van der Waals surface area contributed by atoms with Gasteiger partial charge in [-0.05, 0) is 0 Å². The molecular weight excluding hydrogens is 631 g/mol. The van der Waals surface area contributed by atoms with Crippen LogP contribution in [0.4, 0.5) is 4.79 Å². The average Bonchev–Trinajstić information content (AvgIpc) is 3.34. The maximum atomic E-state index is 12.9. The van der Waals surface area contributed by atoms with E-state index in [-0.39, 0.29) is 37.5 Å². The minimum atomic E-state index is -1.05. The molecule has 1 radical (unpaired) electrons. The summed E-state index contributed by atoms with van der Waals surface area (Å²) in [6, 6.07) is 24.4. The molecule has 1 amide bonds. The zero-order valence-electron chi connectivity index (χ0n) is 24.4. The average molecular weight is 667 g/mol. The van der Waals surface area contributed by atoms with Crippen molar-refractivity contribution in [3.8, 4) is 11.1 Å². The first kappa shape index (κ1) is 32.3. The summed E-state index contributed by atoms with van der Waals surface area (Å²) in [5.41, 5.74) is 5.49. The van der Waals surface area contributed by atoms with E-state index in [1.807, 2.05) is 68.4 Å². The van der Waals surface area contributed by atoms with Gasteiger partial charge < -0.3 is 0 Å². The third-order valence-corrected chi connectivity index (χ3v) is 9.02. The Morgan fingerprint density at radius 2 is 1.51 bits per heavy atom. The van der Waals surface area contributed by atoms with Gasteiger partial charge in [0.2, 0.25) is 0 Å². The minimum absolute atomic E-state index is 0.0244. The van der Waals surface area contributed by atoms with E-state index in [0.717, 1.165) is 16.7 Å². The number of rotatable bonds is 12. The predicted molar refractivity (Wildman–Crippen MR) is 169 cm³/mol. The Morgan fingerprint density at radius 3 is 2.12 bits per heavy atom. The zero-order valence-corrected chi connectivity index (χ0v) is 26.9. The van der Waals surface area contributed by atoms with Crippen LogP contribution in [0.25, 0.3) is 11.1 Å². The van der Waals surface area contributed by atoms with Crippen molar-refractivity contribution in [3.05, 3.63) is 95.6 Å². The van der Waals surface area contributed by atoms with Gasteiger partial charge in [0.05, 0.1) is 0 Å². The Balaban J connectivity index is 1.30. The second-order valence-corrected chi connectivity index (χ2v) is 12.8. The number of thioether (sulfide) groups is 1. The van der Waals surface area contributed by atoms with Crippen molar-refractivity contribution in [2.75, 3.05) is 19.5 Å². The standard InChI is InChI=1S/C33H35N2O6SSe/c1-21(2)29(34-32(38)41-19-27-25-15-9-7-13-23(25)24-14-8-10-16-26(24)27)20-42-33(43)35-28(31(37)39-3)17-30(36)40-18-22-11-5-4-6-12-22/h4-16,21,27-29H,17-20H2,1-3H3,(H,34,38)/t28-,29+/m0/s1. The van der Waals surface area contributed by atoms with E-state index in [1.165, 1.54) is 30.0 Å². The Kier molecular flexibility index (Phi) is 11.8. The number of benzene rings is 3. The molecule has 1 aliphatic rings. The molecule has 0 fully saturated rings. The quantitative estimate of drug-likeness (QED) is 0.0898. The van der Waals surface area contributed by atoms with Crippen molar-refractivity contribution >= 4 is 49.7 Å². The van der Waals surface area contributed by atoms with Crippen LogP contribution in [-0.4, -0.2) is 69.5 Å². The molecule has 0 saturated carbocycles. The van der Waals surface area contributed by atoms with Crippen LogP contribution in [-0.2, 0) is 30.4 Å². The summed E-state index contributed by atoms with van der Waals surface area (Å²) < 4.78 is 16.4. The van der Waals surface area contributed by atoms with Crippen LogP contribution in [0.3, 0.4) is 0 Å². The number of hydrogen-bond donors (Lipinski definition) is 1. The van der Waals surface area contributed by atoms with Gasteiger partial charge in [-0.1, -0.05) is 12.1 Å². The Bertz CT molecular complexity index is 1400. The third kappa shape index (κ3) is 8.95. The molecule has 0 saturated heterocycles. The van der Waals surface area contributed by atoms with Crippen molar-refractivity contribution in [2.24, 2.45) is 10.9 Å². The molecule has 0 aliphatic heterocycles. The fraction of sp³-hybridized carbons (Fsp3) is 0.333. The molecule has 3 aromatic carbocycles. The van der Waals surface area contributed by atoms with Gasteiger partial charge in [-0.25, -0.2) is 0 Å². The number of ether oxygens (including phenoxy) is 3. The van der Waals surface area contributed by atoms with Gasteiger partial charge in [-0.2, -0.15) is 0 Å². The maximum absolute atomic E-state index is 12.9. The summed E-state index contributed by atoms with van der Waals surface area (Å²) in [7, 11) is 1.25. The summed E-state index contributed by atoms with van der Waals surface area (Å²) in [4.78, 5) is 42.0. The Hall–Kier alpha value is -3.59. The van der Waals surface area contributed by atoms with Crippen LogP contribution in [0.2, 0.25) is 0 Å². The van der Waals surface area contributed by atoms with Crippen LogP contribution in [0.5, 0.6) is 0 Å². The van der Waals surface area contributed by atoms with Crippen LogP contribution in [0, 0.1) is 5.92 Å². The summed E-state index contributed by atoms with van der Waals surface area (Å²) in [6.45, 7) is 4.35. The van der Waals surface area contributed by atoms with Gasteiger partial charge in [0.25, 0.3) is 0 Å². The molecule has 8 nitrogen and oxygen atoms in total. The van der Waals surface area contributed by atoms with E-state index in [2.05, 4.69) is 50.6 Å². The molecular formula is C33H35N2O6SSe. The normalized spacial score (nSPS) is 13.9. The SMILES string of the molecule is COC(=O)[C@H](CC(=O)OCc1ccccc1)N=C([Se])SC[C@@H](NC(=O)OCC1c2ccccc2-c2ccccc21)C(C)C. The van der Waals surface area contributed by atoms with Crippen LogP contribution >= 0.6 is 11.8 Å². The first-order chi connectivity index (χ1) is 20.8. The van der Waals surface area contributed by atoms with Crippen molar-refractivity contribution in [1.82, 2.24) is 5.32 Å². The first-order valence-corrected chi connectivity index (χ1v) is 15.9. The van der Waals surface area contributed by atoms with Gasteiger partial charge in [0.1, 0.15) is 0 Å². The number of aliphatic imine (C=N–C) groups is 1. The number of nitrogens with zero attached hydrogens (tertiary/aromatic N) is 1. The molecule has 1 N–H and O–H groups in total. The van der Waals surface area contributed by atoms with Crippen molar-refractivity contribution in [2.45, 2.75) is 44.9 Å². The van der Waals surface area contributed by atoms with Gasteiger partial charge in [0.15, 0.2) is 0 Å². The number of fused-ring (bicyclic) bond motifs is 3. The topological polar surface area (TPSA) is 103 Å². The number of carbonyl (C=O) groups is 3. The Labute approximate surface area is 264 Å². The van der Waals surface area contributed by atoms with Gasteiger partial charge >= 0.3 is 253 Å². The molecule has 1 aliphatic carbocycles. The molecule has 0 heterocycles. The van der Waals surface area contributed by atoms with E-state index in [0.29, 0.717) is 9.69 Å². The molecule has 225 valence electrons.